The Morgan fingerprint density at radius 3 is 2.00 bits per heavy atom. The van der Waals surface area contributed by atoms with Crippen LogP contribution in [0.3, 0.4) is 0 Å². The van der Waals surface area contributed by atoms with Crippen LogP contribution in [0.4, 0.5) is 13.2 Å². The summed E-state index contributed by atoms with van der Waals surface area (Å²) >= 11 is 0. The Kier molecular flexibility index (Phi) is 8.48. The maximum Gasteiger partial charge on any atom is 0.412 e. The van der Waals surface area contributed by atoms with Crippen molar-refractivity contribution >= 4 is 0 Å². The van der Waals surface area contributed by atoms with E-state index in [1.807, 2.05) is 26.8 Å². The van der Waals surface area contributed by atoms with E-state index < -0.39 is 18.4 Å². The van der Waals surface area contributed by atoms with Gasteiger partial charge in [-0.25, -0.2) is 0 Å². The zero-order valence-electron chi connectivity index (χ0n) is 11.8. The minimum absolute atomic E-state index is 0.0793. The molecule has 0 atom stereocenters. The van der Waals surface area contributed by atoms with Crippen molar-refractivity contribution in [3.05, 3.63) is 34.9 Å². The normalized spacial score (nSPS) is 13.6. The van der Waals surface area contributed by atoms with Gasteiger partial charge in [0.2, 0.25) is 0 Å². The Labute approximate surface area is 113 Å². The average Bonchev–Trinajstić information content (AvgIpc) is 2.26. The molecule has 110 valence electrons. The summed E-state index contributed by atoms with van der Waals surface area (Å²) in [6, 6.07) is 0. The molecule has 0 aromatic heterocycles. The first kappa shape index (κ1) is 18.0. The largest absolute Gasteiger partial charge is 0.412 e. The number of rotatable bonds is 7. The predicted octanol–water partition coefficient (Wildman–Crippen LogP) is 4.94. The van der Waals surface area contributed by atoms with E-state index in [0.29, 0.717) is 6.42 Å². The first-order valence-electron chi connectivity index (χ1n) is 6.43. The van der Waals surface area contributed by atoms with Gasteiger partial charge in [0.1, 0.15) is 0 Å². The lowest BCUT2D eigenvalue weighted by atomic mass is 10.1. The summed E-state index contributed by atoms with van der Waals surface area (Å²) in [5.74, 6) is 0. The van der Waals surface area contributed by atoms with Crippen LogP contribution in [0.1, 0.15) is 46.5 Å². The molecular weight excluding hydrogens is 253 g/mol. The van der Waals surface area contributed by atoms with E-state index in [0.717, 1.165) is 24.5 Å². The minimum Gasteiger partial charge on any atom is -0.392 e. The number of alkyl halides is 3. The van der Waals surface area contributed by atoms with Gasteiger partial charge in [0.15, 0.2) is 0 Å². The average molecular weight is 276 g/mol. The van der Waals surface area contributed by atoms with Gasteiger partial charge < -0.3 is 5.11 Å². The number of aliphatic hydroxyl groups excluding tert-OH is 1. The number of allylic oxidation sites excluding steroid dienone is 5. The van der Waals surface area contributed by atoms with Crippen molar-refractivity contribution in [2.45, 2.75) is 52.6 Å². The van der Waals surface area contributed by atoms with Crippen LogP contribution in [0.5, 0.6) is 0 Å². The Hall–Kier alpha value is -1.03. The Morgan fingerprint density at radius 2 is 1.53 bits per heavy atom. The molecule has 1 N–H and O–H groups in total. The van der Waals surface area contributed by atoms with Crippen molar-refractivity contribution in [2.75, 3.05) is 6.61 Å². The Balaban J connectivity index is 4.25. The van der Waals surface area contributed by atoms with E-state index in [1.54, 1.807) is 0 Å². The molecule has 0 aliphatic heterocycles. The summed E-state index contributed by atoms with van der Waals surface area (Å²) in [7, 11) is 0. The van der Waals surface area contributed by atoms with Crippen LogP contribution in [0.2, 0.25) is 0 Å². The molecule has 0 aliphatic rings. The summed E-state index contributed by atoms with van der Waals surface area (Å²) in [6.45, 7) is 5.41. The van der Waals surface area contributed by atoms with Crippen LogP contribution in [-0.4, -0.2) is 17.9 Å². The highest BCUT2D eigenvalue weighted by Gasteiger charge is 2.32. The smallest absolute Gasteiger partial charge is 0.392 e. The summed E-state index contributed by atoms with van der Waals surface area (Å²) < 4.78 is 37.5. The van der Waals surface area contributed by atoms with E-state index in [-0.39, 0.29) is 6.42 Å². The molecule has 0 aromatic rings. The fourth-order valence-corrected chi connectivity index (χ4v) is 1.63. The lowest BCUT2D eigenvalue weighted by molar-refractivity contribution is -0.0943. The third kappa shape index (κ3) is 9.54. The SMILES string of the molecule is CC(C)=CCC/C(C)=C/CC/C(=C\CO)C(F)(F)F. The van der Waals surface area contributed by atoms with Crippen LogP contribution in [0.25, 0.3) is 0 Å². The molecule has 0 radical (unpaired) electrons. The van der Waals surface area contributed by atoms with E-state index >= 15 is 0 Å². The lowest BCUT2D eigenvalue weighted by Gasteiger charge is -2.10. The van der Waals surface area contributed by atoms with Crippen LogP contribution >= 0.6 is 0 Å². The van der Waals surface area contributed by atoms with Crippen molar-refractivity contribution < 1.29 is 18.3 Å². The Morgan fingerprint density at radius 1 is 0.947 bits per heavy atom. The third-order valence-electron chi connectivity index (χ3n) is 2.70. The Bertz CT molecular complexity index is 345. The molecule has 0 heterocycles. The predicted molar refractivity (Wildman–Crippen MR) is 72.9 cm³/mol. The maximum atomic E-state index is 12.5. The molecule has 0 spiro atoms. The first-order chi connectivity index (χ1) is 8.77. The van der Waals surface area contributed by atoms with Crippen molar-refractivity contribution in [2.24, 2.45) is 0 Å². The van der Waals surface area contributed by atoms with Gasteiger partial charge in [0, 0.05) is 5.57 Å². The second kappa shape index (κ2) is 8.97. The summed E-state index contributed by atoms with van der Waals surface area (Å²) in [6.07, 6.45) is 2.52. The zero-order valence-corrected chi connectivity index (χ0v) is 11.8. The molecule has 0 amide bonds. The fraction of sp³-hybridized carbons (Fsp3) is 0.600. The molecule has 0 unspecified atom stereocenters. The molecule has 19 heavy (non-hydrogen) atoms. The molecule has 0 aromatic carbocycles. The van der Waals surface area contributed by atoms with Gasteiger partial charge in [-0.15, -0.1) is 0 Å². The topological polar surface area (TPSA) is 20.2 Å². The summed E-state index contributed by atoms with van der Waals surface area (Å²) in [4.78, 5) is 0. The zero-order chi connectivity index (χ0) is 14.9. The monoisotopic (exact) mass is 276 g/mol. The van der Waals surface area contributed by atoms with Gasteiger partial charge in [0.05, 0.1) is 6.61 Å². The standard InChI is InChI=1S/C15H23F3O/c1-12(2)6-4-7-13(3)8-5-9-14(10-11-19)15(16,17)18/h6,8,10,19H,4-5,7,9,11H2,1-3H3/b13-8+,14-10+. The van der Waals surface area contributed by atoms with E-state index in [4.69, 9.17) is 5.11 Å². The highest BCUT2D eigenvalue weighted by Crippen LogP contribution is 2.29. The molecule has 4 heteroatoms. The molecule has 1 nitrogen and oxygen atoms in total. The molecule has 0 fully saturated rings. The molecule has 0 aliphatic carbocycles. The molecule has 0 bridgehead atoms. The maximum absolute atomic E-state index is 12.5. The quantitative estimate of drug-likeness (QED) is 0.653. The molecule has 0 rings (SSSR count). The lowest BCUT2D eigenvalue weighted by Crippen LogP contribution is -2.12. The first-order valence-corrected chi connectivity index (χ1v) is 6.43. The van der Waals surface area contributed by atoms with Gasteiger partial charge in [-0.2, -0.15) is 13.2 Å². The summed E-state index contributed by atoms with van der Waals surface area (Å²) in [5, 5.41) is 8.58. The van der Waals surface area contributed by atoms with Crippen molar-refractivity contribution in [3.8, 4) is 0 Å². The van der Waals surface area contributed by atoms with E-state index in [2.05, 4.69) is 6.08 Å². The van der Waals surface area contributed by atoms with Crippen LogP contribution in [-0.2, 0) is 0 Å². The molecular formula is C15H23F3O. The van der Waals surface area contributed by atoms with Crippen LogP contribution in [0, 0.1) is 0 Å². The minimum atomic E-state index is -4.34. The van der Waals surface area contributed by atoms with Gasteiger partial charge in [-0.1, -0.05) is 29.4 Å². The second-order valence-electron chi connectivity index (χ2n) is 4.82. The summed E-state index contributed by atoms with van der Waals surface area (Å²) in [5.41, 5.74) is 1.70. The van der Waals surface area contributed by atoms with Gasteiger partial charge in [-0.3, -0.25) is 0 Å². The highest BCUT2D eigenvalue weighted by molar-refractivity contribution is 5.11. The van der Waals surface area contributed by atoms with Crippen molar-refractivity contribution in [1.29, 1.82) is 0 Å². The van der Waals surface area contributed by atoms with Crippen LogP contribution < -0.4 is 0 Å². The van der Waals surface area contributed by atoms with Crippen LogP contribution in [0.15, 0.2) is 34.9 Å². The van der Waals surface area contributed by atoms with Gasteiger partial charge >= 0.3 is 6.18 Å². The third-order valence-corrected chi connectivity index (χ3v) is 2.70. The van der Waals surface area contributed by atoms with E-state index in [1.165, 1.54) is 5.57 Å². The highest BCUT2D eigenvalue weighted by atomic mass is 19.4. The number of hydrogen-bond donors (Lipinski definition) is 1. The fourth-order valence-electron chi connectivity index (χ4n) is 1.63. The second-order valence-corrected chi connectivity index (χ2v) is 4.82. The molecule has 0 saturated carbocycles. The number of aliphatic hydroxyl groups is 1. The van der Waals surface area contributed by atoms with Crippen molar-refractivity contribution in [1.82, 2.24) is 0 Å². The number of hydrogen-bond acceptors (Lipinski definition) is 1. The van der Waals surface area contributed by atoms with Crippen molar-refractivity contribution in [3.63, 3.8) is 0 Å². The number of halogens is 3. The van der Waals surface area contributed by atoms with Gasteiger partial charge in [-0.05, 0) is 46.5 Å². The van der Waals surface area contributed by atoms with Gasteiger partial charge in [0.25, 0.3) is 0 Å². The van der Waals surface area contributed by atoms with E-state index in [9.17, 15) is 13.2 Å². The molecule has 0 saturated heterocycles.